The number of amides is 1. The Morgan fingerprint density at radius 2 is 2.03 bits per heavy atom. The number of halogens is 1. The minimum Gasteiger partial charge on any atom is -0.486 e. The maximum Gasteiger partial charge on any atom is 0.266 e. The predicted molar refractivity (Wildman–Crippen MR) is 113 cm³/mol. The number of carbonyl (C=O) groups excluding carboxylic acids is 1. The van der Waals surface area contributed by atoms with E-state index >= 15 is 0 Å². The summed E-state index contributed by atoms with van der Waals surface area (Å²) in [6.07, 6.45) is 0.0355. The zero-order chi connectivity index (χ0) is 21.5. The van der Waals surface area contributed by atoms with E-state index in [0.717, 1.165) is 0 Å². The van der Waals surface area contributed by atoms with E-state index in [1.54, 1.807) is 25.1 Å². The molecule has 0 spiro atoms. The number of nitrogens with one attached hydrogen (secondary N) is 2. The van der Waals surface area contributed by atoms with Gasteiger partial charge in [0, 0.05) is 28.4 Å². The Labute approximate surface area is 178 Å². The number of sulfonamides is 1. The van der Waals surface area contributed by atoms with Crippen LogP contribution in [0.1, 0.15) is 23.8 Å². The third-order valence-electron chi connectivity index (χ3n) is 4.77. The van der Waals surface area contributed by atoms with Crippen molar-refractivity contribution in [1.82, 2.24) is 9.71 Å². The average Bonchev–Trinajstić information content (AvgIpc) is 3.07. The molecule has 2 atom stereocenters. The van der Waals surface area contributed by atoms with Crippen LogP contribution in [0.25, 0.3) is 10.9 Å². The Morgan fingerprint density at radius 3 is 2.77 bits per heavy atom. The first-order chi connectivity index (χ1) is 14.2. The van der Waals surface area contributed by atoms with E-state index in [1.807, 2.05) is 18.2 Å². The molecule has 2 aromatic carbocycles. The molecule has 8 nitrogen and oxygen atoms in total. The van der Waals surface area contributed by atoms with Gasteiger partial charge >= 0.3 is 0 Å². The molecule has 0 saturated carbocycles. The number of para-hydroxylation sites is 2. The standard InChI is InChI=1S/C20H20ClN3O5S/c1-11(8-13-10-28-16-4-2-3-5-17(16)29-13)24-30(26,27)19-14-9-12(21)6-7-15(14)23-18(19)20(22)25/h2-7,9,11,13,23-24H,8,10H2,1H3,(H2,22,25). The summed E-state index contributed by atoms with van der Waals surface area (Å²) in [7, 11) is -4.08. The molecule has 0 aliphatic carbocycles. The van der Waals surface area contributed by atoms with Crippen molar-refractivity contribution >= 4 is 38.4 Å². The first-order valence-electron chi connectivity index (χ1n) is 9.26. The second kappa shape index (κ2) is 7.82. The maximum absolute atomic E-state index is 13.1. The first kappa shape index (κ1) is 20.5. The van der Waals surface area contributed by atoms with Crippen molar-refractivity contribution in [2.24, 2.45) is 5.73 Å². The van der Waals surface area contributed by atoms with Crippen LogP contribution in [0.15, 0.2) is 47.4 Å². The molecule has 1 aromatic heterocycles. The van der Waals surface area contributed by atoms with Crippen LogP contribution >= 0.6 is 11.6 Å². The molecule has 158 valence electrons. The summed E-state index contributed by atoms with van der Waals surface area (Å²) in [6.45, 7) is 2.02. The van der Waals surface area contributed by atoms with E-state index in [4.69, 9.17) is 26.8 Å². The SMILES string of the molecule is CC(CC1COc2ccccc2O1)NS(=O)(=O)c1c(C(N)=O)[nH]c2ccc(Cl)cc12. The number of ether oxygens (including phenoxy) is 2. The molecule has 0 radical (unpaired) electrons. The van der Waals surface area contributed by atoms with E-state index in [-0.39, 0.29) is 16.7 Å². The Morgan fingerprint density at radius 1 is 1.30 bits per heavy atom. The monoisotopic (exact) mass is 449 g/mol. The van der Waals surface area contributed by atoms with Crippen molar-refractivity contribution < 1.29 is 22.7 Å². The molecule has 4 rings (SSSR count). The van der Waals surface area contributed by atoms with Gasteiger partial charge in [0.25, 0.3) is 5.91 Å². The Hall–Kier alpha value is -2.75. The molecular weight excluding hydrogens is 430 g/mol. The Kier molecular flexibility index (Phi) is 5.35. The molecule has 1 amide bonds. The number of H-pyrrole nitrogens is 1. The minimum atomic E-state index is -4.08. The number of fused-ring (bicyclic) bond motifs is 2. The second-order valence-electron chi connectivity index (χ2n) is 7.14. The van der Waals surface area contributed by atoms with Crippen LogP contribution in [0.2, 0.25) is 5.02 Å². The van der Waals surface area contributed by atoms with Crippen LogP contribution in [-0.2, 0) is 10.0 Å². The van der Waals surface area contributed by atoms with Gasteiger partial charge in [-0.2, -0.15) is 0 Å². The van der Waals surface area contributed by atoms with E-state index in [9.17, 15) is 13.2 Å². The highest BCUT2D eigenvalue weighted by molar-refractivity contribution is 7.89. The van der Waals surface area contributed by atoms with Gasteiger partial charge < -0.3 is 20.2 Å². The number of hydrogen-bond donors (Lipinski definition) is 3. The lowest BCUT2D eigenvalue weighted by Gasteiger charge is -2.28. The number of benzene rings is 2. The van der Waals surface area contributed by atoms with Crippen molar-refractivity contribution in [1.29, 1.82) is 0 Å². The smallest absolute Gasteiger partial charge is 0.266 e. The van der Waals surface area contributed by atoms with Gasteiger partial charge in [0.2, 0.25) is 10.0 Å². The number of hydrogen-bond acceptors (Lipinski definition) is 5. The van der Waals surface area contributed by atoms with Gasteiger partial charge in [-0.15, -0.1) is 0 Å². The summed E-state index contributed by atoms with van der Waals surface area (Å²) >= 11 is 6.03. The third-order valence-corrected chi connectivity index (χ3v) is 6.68. The highest BCUT2D eigenvalue weighted by Gasteiger charge is 2.30. The lowest BCUT2D eigenvalue weighted by Crippen LogP contribution is -2.40. The number of nitrogens with two attached hydrogens (primary N) is 1. The summed E-state index contributed by atoms with van der Waals surface area (Å²) in [6, 6.07) is 11.5. The van der Waals surface area contributed by atoms with Gasteiger partial charge in [-0.3, -0.25) is 4.79 Å². The van der Waals surface area contributed by atoms with Crippen molar-refractivity contribution in [3.63, 3.8) is 0 Å². The van der Waals surface area contributed by atoms with E-state index in [1.165, 1.54) is 6.07 Å². The summed E-state index contributed by atoms with van der Waals surface area (Å²) < 4.78 is 40.5. The maximum atomic E-state index is 13.1. The summed E-state index contributed by atoms with van der Waals surface area (Å²) in [5.41, 5.74) is 5.66. The van der Waals surface area contributed by atoms with Gasteiger partial charge in [-0.05, 0) is 37.3 Å². The molecule has 30 heavy (non-hydrogen) atoms. The molecule has 0 bridgehead atoms. The topological polar surface area (TPSA) is 124 Å². The normalized spacial score (nSPS) is 17.1. The number of carbonyl (C=O) groups is 1. The van der Waals surface area contributed by atoms with Crippen LogP contribution in [-0.4, -0.2) is 38.1 Å². The molecule has 4 N–H and O–H groups in total. The van der Waals surface area contributed by atoms with Crippen molar-refractivity contribution in [2.75, 3.05) is 6.61 Å². The van der Waals surface area contributed by atoms with E-state index in [0.29, 0.717) is 40.5 Å². The highest BCUT2D eigenvalue weighted by atomic mass is 35.5. The van der Waals surface area contributed by atoms with Crippen molar-refractivity contribution in [3.8, 4) is 11.5 Å². The number of aromatic amines is 1. The summed E-state index contributed by atoms with van der Waals surface area (Å²) in [5, 5.41) is 0.635. The van der Waals surface area contributed by atoms with Crippen LogP contribution in [0.4, 0.5) is 0 Å². The van der Waals surface area contributed by atoms with Crippen LogP contribution < -0.4 is 19.9 Å². The molecule has 1 aliphatic heterocycles. The number of primary amides is 1. The summed E-state index contributed by atoms with van der Waals surface area (Å²) in [5.74, 6) is 0.394. The van der Waals surface area contributed by atoms with Gasteiger partial charge in [-0.1, -0.05) is 23.7 Å². The Balaban J connectivity index is 1.57. The average molecular weight is 450 g/mol. The predicted octanol–water partition coefficient (Wildman–Crippen LogP) is 2.82. The van der Waals surface area contributed by atoms with Gasteiger partial charge in [0.05, 0.1) is 0 Å². The first-order valence-corrected chi connectivity index (χ1v) is 11.1. The minimum absolute atomic E-state index is 0.196. The fraction of sp³-hybridized carbons (Fsp3) is 0.250. The molecule has 0 saturated heterocycles. The van der Waals surface area contributed by atoms with Crippen LogP contribution in [0.3, 0.4) is 0 Å². The Bertz CT molecular complexity index is 1220. The fourth-order valence-corrected chi connectivity index (χ4v) is 5.33. The van der Waals surface area contributed by atoms with Gasteiger partial charge in [-0.25, -0.2) is 13.1 Å². The number of aromatic nitrogens is 1. The molecular formula is C20H20ClN3O5S. The number of rotatable bonds is 6. The largest absolute Gasteiger partial charge is 0.486 e. The van der Waals surface area contributed by atoms with Gasteiger partial charge in [0.1, 0.15) is 23.3 Å². The lowest BCUT2D eigenvalue weighted by atomic mass is 10.1. The zero-order valence-corrected chi connectivity index (χ0v) is 17.6. The van der Waals surface area contributed by atoms with Crippen LogP contribution in [0.5, 0.6) is 11.5 Å². The zero-order valence-electron chi connectivity index (χ0n) is 16.0. The summed E-state index contributed by atoms with van der Waals surface area (Å²) in [4.78, 5) is 14.4. The van der Waals surface area contributed by atoms with Crippen molar-refractivity contribution in [3.05, 3.63) is 53.2 Å². The molecule has 10 heteroatoms. The second-order valence-corrected chi connectivity index (χ2v) is 9.23. The molecule has 0 fully saturated rings. The van der Waals surface area contributed by atoms with E-state index < -0.39 is 22.0 Å². The van der Waals surface area contributed by atoms with Gasteiger partial charge in [0.15, 0.2) is 11.5 Å². The fourth-order valence-electron chi connectivity index (χ4n) is 3.54. The molecule has 2 unspecified atom stereocenters. The van der Waals surface area contributed by atoms with Crippen molar-refractivity contribution in [2.45, 2.75) is 30.4 Å². The molecule has 1 aliphatic rings. The van der Waals surface area contributed by atoms with E-state index in [2.05, 4.69) is 9.71 Å². The molecule has 3 aromatic rings. The molecule has 2 heterocycles. The van der Waals surface area contributed by atoms with Crippen LogP contribution in [0, 0.1) is 0 Å². The third kappa shape index (κ3) is 3.96. The quantitative estimate of drug-likeness (QED) is 0.533. The lowest BCUT2D eigenvalue weighted by molar-refractivity contribution is 0.0799. The highest BCUT2D eigenvalue weighted by Crippen LogP contribution is 2.32.